The Hall–Kier alpha value is -2.75. The first-order chi connectivity index (χ1) is 10.9. The number of carbonyl (C=O) groups is 3. The molecule has 0 aromatic heterocycles. The summed E-state index contributed by atoms with van der Waals surface area (Å²) in [4.78, 5) is 33.4. The number of aromatic carboxylic acids is 1. The summed E-state index contributed by atoms with van der Waals surface area (Å²) in [6, 6.07) is 3.89. The molecular weight excluding hydrogens is 305 g/mol. The highest BCUT2D eigenvalue weighted by Crippen LogP contribution is 2.30. The highest BCUT2D eigenvalue weighted by atomic mass is 16.5. The average Bonchev–Trinajstić information content (AvgIpc) is 2.46. The van der Waals surface area contributed by atoms with Gasteiger partial charge in [0.05, 0.1) is 11.5 Å². The van der Waals surface area contributed by atoms with Crippen LogP contribution < -0.4 is 21.0 Å². The molecule has 1 aromatic carbocycles. The summed E-state index contributed by atoms with van der Waals surface area (Å²) in [5.41, 5.74) is 5.42. The number of amides is 3. The highest BCUT2D eigenvalue weighted by Gasteiger charge is 2.37. The second-order valence-corrected chi connectivity index (χ2v) is 5.03. The number of carbonyl (C=O) groups excluding carboxylic acids is 2. The molecule has 0 radical (unpaired) electrons. The van der Waals surface area contributed by atoms with Crippen LogP contribution in [0.2, 0.25) is 0 Å². The fourth-order valence-electron chi connectivity index (χ4n) is 2.29. The van der Waals surface area contributed by atoms with Crippen molar-refractivity contribution in [2.24, 2.45) is 5.73 Å². The number of nitrogens with one attached hydrogen (secondary N) is 2. The molecule has 0 bridgehead atoms. The van der Waals surface area contributed by atoms with Crippen molar-refractivity contribution >= 4 is 25.0 Å². The van der Waals surface area contributed by atoms with E-state index in [9.17, 15) is 19.4 Å². The monoisotopic (exact) mass is 321 g/mol. The maximum Gasteiger partial charge on any atom is 0.547 e. The number of hydrogen-bond donors (Lipinski definition) is 5. The topological polar surface area (TPSA) is 151 Å². The summed E-state index contributed by atoms with van der Waals surface area (Å²) in [7, 11) is -1.36. The molecule has 0 unspecified atom stereocenters. The number of nitrogens with two attached hydrogens (primary N) is 1. The van der Waals surface area contributed by atoms with Gasteiger partial charge in [0.2, 0.25) is 5.91 Å². The van der Waals surface area contributed by atoms with Crippen LogP contribution in [-0.2, 0) is 11.2 Å². The molecule has 122 valence electrons. The van der Waals surface area contributed by atoms with Gasteiger partial charge in [-0.15, -0.1) is 0 Å². The highest BCUT2D eigenvalue weighted by molar-refractivity contribution is 6.47. The zero-order chi connectivity index (χ0) is 17.0. The number of urea groups is 1. The largest absolute Gasteiger partial charge is 0.547 e. The Kier molecular flexibility index (Phi) is 5.07. The molecule has 1 atom stereocenters. The van der Waals surface area contributed by atoms with Crippen molar-refractivity contribution in [1.29, 1.82) is 0 Å². The molecule has 3 amide bonds. The minimum Gasteiger partial charge on any atom is -0.534 e. The van der Waals surface area contributed by atoms with Crippen LogP contribution in [-0.4, -0.2) is 47.6 Å². The molecule has 1 aromatic rings. The number of carboxylic acid groups (broad SMARTS) is 1. The molecule has 0 saturated carbocycles. The zero-order valence-corrected chi connectivity index (χ0v) is 12.1. The van der Waals surface area contributed by atoms with Gasteiger partial charge < -0.3 is 31.2 Å². The molecule has 1 heterocycles. The number of hydrogen-bond acceptors (Lipinski definition) is 5. The molecule has 0 aliphatic carbocycles. The van der Waals surface area contributed by atoms with Gasteiger partial charge in [0.25, 0.3) is 0 Å². The summed E-state index contributed by atoms with van der Waals surface area (Å²) in [5, 5.41) is 23.9. The van der Waals surface area contributed by atoms with Crippen molar-refractivity contribution < 1.29 is 29.2 Å². The number of fused-ring (bicyclic) bond motifs is 1. The van der Waals surface area contributed by atoms with Gasteiger partial charge in [0, 0.05) is 13.0 Å². The van der Waals surface area contributed by atoms with E-state index < -0.39 is 31.0 Å². The van der Waals surface area contributed by atoms with Crippen LogP contribution in [0.3, 0.4) is 0 Å². The third-order valence-electron chi connectivity index (χ3n) is 3.35. The third kappa shape index (κ3) is 4.13. The van der Waals surface area contributed by atoms with Gasteiger partial charge >= 0.3 is 19.1 Å². The zero-order valence-electron chi connectivity index (χ0n) is 12.1. The summed E-state index contributed by atoms with van der Waals surface area (Å²) in [5.74, 6) is -2.17. The summed E-state index contributed by atoms with van der Waals surface area (Å²) in [6.07, 6.45) is 0.223. The molecule has 0 saturated heterocycles. The van der Waals surface area contributed by atoms with Crippen LogP contribution >= 0.6 is 0 Å². The molecule has 6 N–H and O–H groups in total. The molecule has 10 heteroatoms. The van der Waals surface area contributed by atoms with E-state index in [1.807, 2.05) is 0 Å². The standard InChI is InChI=1S/C13H16BN3O6/c15-13(21)16-5-4-10(18)17-9-6-7-2-1-3-8(12(19)20)11(7)23-14(9)22/h1-3,9,22H,4-6H2,(H,17,18)(H,19,20)(H3,15,16,21)/t9-/m0/s1. The Morgan fingerprint density at radius 1 is 1.39 bits per heavy atom. The van der Waals surface area contributed by atoms with Crippen LogP contribution in [0.15, 0.2) is 18.2 Å². The number of benzene rings is 1. The van der Waals surface area contributed by atoms with E-state index in [4.69, 9.17) is 15.5 Å². The minimum atomic E-state index is -1.36. The summed E-state index contributed by atoms with van der Waals surface area (Å²) in [6.45, 7) is 0.0740. The molecule has 0 spiro atoms. The van der Waals surface area contributed by atoms with Crippen molar-refractivity contribution in [2.45, 2.75) is 18.8 Å². The third-order valence-corrected chi connectivity index (χ3v) is 3.35. The van der Waals surface area contributed by atoms with Crippen molar-refractivity contribution in [3.05, 3.63) is 29.3 Å². The predicted octanol–water partition coefficient (Wildman–Crippen LogP) is -1.12. The SMILES string of the molecule is NC(=O)NCCC(=O)N[C@H]1Cc2cccc(C(=O)O)c2OB1O. The number of rotatable bonds is 5. The maximum absolute atomic E-state index is 11.8. The summed E-state index contributed by atoms with van der Waals surface area (Å²) >= 11 is 0. The predicted molar refractivity (Wildman–Crippen MR) is 79.8 cm³/mol. The molecule has 0 fully saturated rings. The molecular formula is C13H16BN3O6. The second kappa shape index (κ2) is 7.01. The number of para-hydroxylation sites is 1. The number of primary amides is 1. The van der Waals surface area contributed by atoms with E-state index in [2.05, 4.69) is 10.6 Å². The van der Waals surface area contributed by atoms with Crippen molar-refractivity contribution in [3.63, 3.8) is 0 Å². The van der Waals surface area contributed by atoms with Gasteiger partial charge in [0.1, 0.15) is 5.75 Å². The quantitative estimate of drug-likeness (QED) is 0.433. The molecule has 1 aliphatic rings. The van der Waals surface area contributed by atoms with Crippen LogP contribution in [0.4, 0.5) is 4.79 Å². The first-order valence-corrected chi connectivity index (χ1v) is 6.91. The van der Waals surface area contributed by atoms with Crippen molar-refractivity contribution in [1.82, 2.24) is 10.6 Å². The van der Waals surface area contributed by atoms with Crippen LogP contribution in [0, 0.1) is 0 Å². The lowest BCUT2D eigenvalue weighted by Crippen LogP contribution is -2.53. The van der Waals surface area contributed by atoms with E-state index in [0.717, 1.165) is 0 Å². The second-order valence-electron chi connectivity index (χ2n) is 5.03. The smallest absolute Gasteiger partial charge is 0.534 e. The Morgan fingerprint density at radius 3 is 2.78 bits per heavy atom. The van der Waals surface area contributed by atoms with Gasteiger partial charge in [-0.2, -0.15) is 0 Å². The minimum absolute atomic E-state index is 0.00577. The van der Waals surface area contributed by atoms with Crippen LogP contribution in [0.1, 0.15) is 22.3 Å². The molecule has 23 heavy (non-hydrogen) atoms. The van der Waals surface area contributed by atoms with E-state index in [-0.39, 0.29) is 30.7 Å². The maximum atomic E-state index is 11.8. The lowest BCUT2D eigenvalue weighted by molar-refractivity contribution is -0.121. The van der Waals surface area contributed by atoms with E-state index >= 15 is 0 Å². The van der Waals surface area contributed by atoms with E-state index in [0.29, 0.717) is 5.56 Å². The summed E-state index contributed by atoms with van der Waals surface area (Å²) < 4.78 is 5.25. The van der Waals surface area contributed by atoms with E-state index in [1.54, 1.807) is 12.1 Å². The Balaban J connectivity index is 2.01. The van der Waals surface area contributed by atoms with Crippen LogP contribution in [0.5, 0.6) is 5.75 Å². The van der Waals surface area contributed by atoms with Gasteiger partial charge in [-0.1, -0.05) is 12.1 Å². The first kappa shape index (κ1) is 16.6. The van der Waals surface area contributed by atoms with Gasteiger partial charge in [-0.3, -0.25) is 4.79 Å². The van der Waals surface area contributed by atoms with Gasteiger partial charge in [-0.25, -0.2) is 9.59 Å². The lowest BCUT2D eigenvalue weighted by Gasteiger charge is -2.28. The van der Waals surface area contributed by atoms with Gasteiger partial charge in [0.15, 0.2) is 0 Å². The van der Waals surface area contributed by atoms with Crippen LogP contribution in [0.25, 0.3) is 0 Å². The van der Waals surface area contributed by atoms with E-state index in [1.165, 1.54) is 6.07 Å². The van der Waals surface area contributed by atoms with Crippen molar-refractivity contribution in [2.75, 3.05) is 6.54 Å². The molecule has 2 rings (SSSR count). The fourth-order valence-corrected chi connectivity index (χ4v) is 2.29. The first-order valence-electron chi connectivity index (χ1n) is 6.91. The van der Waals surface area contributed by atoms with Crippen molar-refractivity contribution in [3.8, 4) is 5.75 Å². The fraction of sp³-hybridized carbons (Fsp3) is 0.308. The normalized spacial score (nSPS) is 16.0. The average molecular weight is 321 g/mol. The Morgan fingerprint density at radius 2 is 2.13 bits per heavy atom. The Bertz CT molecular complexity index is 638. The lowest BCUT2D eigenvalue weighted by atomic mass is 9.72. The van der Waals surface area contributed by atoms with Gasteiger partial charge in [-0.05, 0) is 18.1 Å². The molecule has 1 aliphatic heterocycles. The molecule has 9 nitrogen and oxygen atoms in total. The number of carboxylic acids is 1. The Labute approximate surface area is 131 Å².